The van der Waals surface area contributed by atoms with Crippen LogP contribution in [-0.2, 0) is 9.84 Å². The van der Waals surface area contributed by atoms with Crippen LogP contribution in [0.15, 0.2) is 29.2 Å². The molecule has 1 aromatic carbocycles. The summed E-state index contributed by atoms with van der Waals surface area (Å²) in [7, 11) is -5.33. The summed E-state index contributed by atoms with van der Waals surface area (Å²) in [6.07, 6.45) is 1.59. The fourth-order valence-corrected chi connectivity index (χ4v) is 2.64. The fraction of sp³-hybridized carbons (Fsp3) is 0.500. The molecule has 108 valence electrons. The molecule has 1 aromatic rings. The second-order valence-corrected chi connectivity index (χ2v) is 6.19. The Hall–Kier alpha value is -1.24. The first-order valence-electron chi connectivity index (χ1n) is 5.87. The van der Waals surface area contributed by atoms with Gasteiger partial charge in [0.25, 0.3) is 9.84 Å². The molecule has 0 aliphatic carbocycles. The van der Waals surface area contributed by atoms with E-state index in [4.69, 9.17) is 0 Å². The van der Waals surface area contributed by atoms with Crippen molar-refractivity contribution in [2.75, 3.05) is 5.32 Å². The number of sulfone groups is 1. The van der Waals surface area contributed by atoms with Crippen LogP contribution in [0.3, 0.4) is 0 Å². The van der Waals surface area contributed by atoms with Gasteiger partial charge in [0.1, 0.15) is 0 Å². The summed E-state index contributed by atoms with van der Waals surface area (Å²) >= 11 is 0. The van der Waals surface area contributed by atoms with E-state index in [-0.39, 0.29) is 11.7 Å². The third-order valence-electron chi connectivity index (χ3n) is 2.60. The molecule has 1 N–H and O–H groups in total. The summed E-state index contributed by atoms with van der Waals surface area (Å²) in [5.41, 5.74) is -5.31. The van der Waals surface area contributed by atoms with E-state index in [9.17, 15) is 21.6 Å². The van der Waals surface area contributed by atoms with Crippen molar-refractivity contribution >= 4 is 15.5 Å². The van der Waals surface area contributed by atoms with Crippen molar-refractivity contribution in [3.63, 3.8) is 0 Å². The Labute approximate surface area is 110 Å². The number of alkyl halides is 3. The van der Waals surface area contributed by atoms with Gasteiger partial charge in [0.2, 0.25) is 0 Å². The second kappa shape index (κ2) is 5.81. The summed E-state index contributed by atoms with van der Waals surface area (Å²) in [4.78, 5) is -0.731. The number of hydrogen-bond donors (Lipinski definition) is 1. The number of nitrogens with one attached hydrogen (secondary N) is 1. The number of halogens is 3. The highest BCUT2D eigenvalue weighted by Gasteiger charge is 2.47. The maximum Gasteiger partial charge on any atom is 0.501 e. The maximum atomic E-state index is 12.6. The Kier molecular flexibility index (Phi) is 4.84. The molecule has 7 heteroatoms. The van der Waals surface area contributed by atoms with Gasteiger partial charge < -0.3 is 5.32 Å². The highest BCUT2D eigenvalue weighted by atomic mass is 32.2. The molecule has 19 heavy (non-hydrogen) atoms. The van der Waals surface area contributed by atoms with E-state index < -0.39 is 20.2 Å². The van der Waals surface area contributed by atoms with Crippen molar-refractivity contribution < 1.29 is 21.6 Å². The zero-order valence-electron chi connectivity index (χ0n) is 10.7. The molecule has 0 spiro atoms. The molecule has 0 aliphatic heterocycles. The number of benzene rings is 1. The van der Waals surface area contributed by atoms with Crippen LogP contribution in [0.5, 0.6) is 0 Å². The predicted molar refractivity (Wildman–Crippen MR) is 67.7 cm³/mol. The van der Waals surface area contributed by atoms with E-state index in [1.165, 1.54) is 18.2 Å². The van der Waals surface area contributed by atoms with E-state index in [0.717, 1.165) is 18.9 Å². The quantitative estimate of drug-likeness (QED) is 0.903. The van der Waals surface area contributed by atoms with Gasteiger partial charge in [-0.25, -0.2) is 8.42 Å². The molecule has 0 saturated heterocycles. The molecule has 1 rings (SSSR count). The lowest BCUT2D eigenvalue weighted by molar-refractivity contribution is -0.0435. The zero-order chi connectivity index (χ0) is 14.7. The van der Waals surface area contributed by atoms with Crippen molar-refractivity contribution in [1.29, 1.82) is 0 Å². The highest BCUT2D eigenvalue weighted by molar-refractivity contribution is 7.92. The van der Waals surface area contributed by atoms with Crippen molar-refractivity contribution in [1.82, 2.24) is 0 Å². The van der Waals surface area contributed by atoms with Gasteiger partial charge in [0.15, 0.2) is 0 Å². The van der Waals surface area contributed by atoms with Crippen LogP contribution in [0.1, 0.15) is 26.7 Å². The SMILES string of the molecule is CCCC(C)Nc1ccccc1S(=O)(=O)C(F)(F)F. The molecule has 3 nitrogen and oxygen atoms in total. The van der Waals surface area contributed by atoms with Gasteiger partial charge in [-0.3, -0.25) is 0 Å². The van der Waals surface area contributed by atoms with Crippen LogP contribution in [0.25, 0.3) is 0 Å². The molecule has 0 aromatic heterocycles. The Morgan fingerprint density at radius 1 is 1.26 bits per heavy atom. The minimum Gasteiger partial charge on any atom is -0.382 e. The molecule has 0 saturated carbocycles. The lowest BCUT2D eigenvalue weighted by Gasteiger charge is -2.18. The number of hydrogen-bond acceptors (Lipinski definition) is 3. The van der Waals surface area contributed by atoms with E-state index in [2.05, 4.69) is 5.32 Å². The molecule has 0 radical (unpaired) electrons. The number of para-hydroxylation sites is 1. The van der Waals surface area contributed by atoms with Crippen LogP contribution >= 0.6 is 0 Å². The normalized spacial score (nSPS) is 14.2. The predicted octanol–water partition coefficient (Wildman–Crippen LogP) is 3.58. The molecular formula is C12H16F3NO2S. The zero-order valence-corrected chi connectivity index (χ0v) is 11.5. The van der Waals surface area contributed by atoms with Gasteiger partial charge in [0.05, 0.1) is 10.6 Å². The van der Waals surface area contributed by atoms with Crippen LogP contribution < -0.4 is 5.32 Å². The van der Waals surface area contributed by atoms with Gasteiger partial charge in [0, 0.05) is 6.04 Å². The van der Waals surface area contributed by atoms with Gasteiger partial charge in [-0.15, -0.1) is 0 Å². The molecule has 0 bridgehead atoms. The van der Waals surface area contributed by atoms with E-state index in [0.29, 0.717) is 0 Å². The topological polar surface area (TPSA) is 46.2 Å². The van der Waals surface area contributed by atoms with Crippen LogP contribution in [0.2, 0.25) is 0 Å². The molecule has 0 heterocycles. The monoisotopic (exact) mass is 295 g/mol. The summed E-state index contributed by atoms with van der Waals surface area (Å²) < 4.78 is 60.6. The maximum absolute atomic E-state index is 12.6. The van der Waals surface area contributed by atoms with Crippen molar-refractivity contribution in [3.8, 4) is 0 Å². The number of anilines is 1. The molecule has 0 aliphatic rings. The van der Waals surface area contributed by atoms with Crippen LogP contribution in [-0.4, -0.2) is 20.0 Å². The highest BCUT2D eigenvalue weighted by Crippen LogP contribution is 2.34. The minimum atomic E-state index is -5.33. The van der Waals surface area contributed by atoms with Crippen molar-refractivity contribution in [3.05, 3.63) is 24.3 Å². The molecule has 0 amide bonds. The molecule has 0 fully saturated rings. The first-order chi connectivity index (χ1) is 8.70. The van der Waals surface area contributed by atoms with E-state index >= 15 is 0 Å². The molecule has 1 unspecified atom stereocenters. The van der Waals surface area contributed by atoms with Gasteiger partial charge in [-0.2, -0.15) is 13.2 Å². The summed E-state index contributed by atoms with van der Waals surface area (Å²) in [6.45, 7) is 3.73. The Bertz CT molecular complexity index is 526. The average Bonchev–Trinajstić information content (AvgIpc) is 2.28. The van der Waals surface area contributed by atoms with E-state index in [1.54, 1.807) is 6.92 Å². The van der Waals surface area contributed by atoms with Gasteiger partial charge in [-0.05, 0) is 25.5 Å². The fourth-order valence-electron chi connectivity index (χ4n) is 1.72. The summed E-state index contributed by atoms with van der Waals surface area (Å²) in [5.74, 6) is 0. The Balaban J connectivity index is 3.17. The lowest BCUT2D eigenvalue weighted by atomic mass is 10.2. The third-order valence-corrected chi connectivity index (χ3v) is 4.15. The van der Waals surface area contributed by atoms with E-state index in [1.807, 2.05) is 6.92 Å². The number of rotatable bonds is 5. The van der Waals surface area contributed by atoms with Crippen LogP contribution in [0, 0.1) is 0 Å². The smallest absolute Gasteiger partial charge is 0.382 e. The summed E-state index contributed by atoms with van der Waals surface area (Å²) in [6, 6.07) is 4.97. The molecular weight excluding hydrogens is 279 g/mol. The Morgan fingerprint density at radius 3 is 2.37 bits per heavy atom. The largest absolute Gasteiger partial charge is 0.501 e. The standard InChI is InChI=1S/C12H16F3NO2S/c1-3-6-9(2)16-10-7-4-5-8-11(10)19(17,18)12(13,14)15/h4-5,7-9,16H,3,6H2,1-2H3. The van der Waals surface area contributed by atoms with Crippen molar-refractivity contribution in [2.45, 2.75) is 43.1 Å². The second-order valence-electron chi connectivity index (χ2n) is 4.28. The first kappa shape index (κ1) is 15.8. The van der Waals surface area contributed by atoms with Crippen molar-refractivity contribution in [2.24, 2.45) is 0 Å². The van der Waals surface area contributed by atoms with Gasteiger partial charge in [-0.1, -0.05) is 25.5 Å². The minimum absolute atomic E-state index is 0.0132. The third kappa shape index (κ3) is 3.62. The van der Waals surface area contributed by atoms with Gasteiger partial charge >= 0.3 is 5.51 Å². The lowest BCUT2D eigenvalue weighted by Crippen LogP contribution is -2.25. The average molecular weight is 295 g/mol. The summed E-state index contributed by atoms with van der Waals surface area (Å²) in [5, 5.41) is 2.81. The van der Waals surface area contributed by atoms with Crippen LogP contribution in [0.4, 0.5) is 18.9 Å². The molecule has 1 atom stereocenters. The Morgan fingerprint density at radius 2 is 1.84 bits per heavy atom. The first-order valence-corrected chi connectivity index (χ1v) is 7.35.